The Morgan fingerprint density at radius 2 is 1.72 bits per heavy atom. The molecular formula is C27H33N3O5S. The van der Waals surface area contributed by atoms with Crippen molar-refractivity contribution >= 4 is 27.7 Å². The number of aryl methyl sites for hydroxylation is 1. The number of benzene rings is 2. The van der Waals surface area contributed by atoms with E-state index < -0.39 is 34.4 Å². The van der Waals surface area contributed by atoms with E-state index in [1.807, 2.05) is 38.1 Å². The number of amides is 3. The molecule has 2 aromatic carbocycles. The van der Waals surface area contributed by atoms with Gasteiger partial charge in [-0.15, -0.1) is 0 Å². The van der Waals surface area contributed by atoms with Gasteiger partial charge in [-0.1, -0.05) is 62.6 Å². The van der Waals surface area contributed by atoms with E-state index in [4.69, 9.17) is 0 Å². The number of hydrogen-bond donors (Lipinski definition) is 1. The topological polar surface area (TPSA) is 104 Å². The molecule has 0 bridgehead atoms. The van der Waals surface area contributed by atoms with Crippen LogP contribution in [0, 0.1) is 6.92 Å². The number of nitrogens with one attached hydrogen (secondary N) is 1. The lowest BCUT2D eigenvalue weighted by atomic mass is 9.95. The number of nitrogens with zero attached hydrogens (tertiary/aromatic N) is 2. The molecule has 4 rings (SSSR count). The first-order chi connectivity index (χ1) is 17.2. The molecule has 1 N–H and O–H groups in total. The molecule has 192 valence electrons. The van der Waals surface area contributed by atoms with Crippen molar-refractivity contribution in [2.24, 2.45) is 0 Å². The molecule has 2 aromatic rings. The van der Waals surface area contributed by atoms with E-state index in [1.54, 1.807) is 12.1 Å². The predicted octanol–water partition coefficient (Wildman–Crippen LogP) is 3.40. The summed E-state index contributed by atoms with van der Waals surface area (Å²) in [5.74, 6) is -1.56. The monoisotopic (exact) mass is 511 g/mol. The van der Waals surface area contributed by atoms with Gasteiger partial charge in [0.15, 0.2) is 0 Å². The third kappa shape index (κ3) is 5.16. The molecule has 1 aliphatic carbocycles. The Kier molecular flexibility index (Phi) is 7.78. The summed E-state index contributed by atoms with van der Waals surface area (Å²) in [7, 11) is -4.14. The maximum atomic E-state index is 13.7. The first-order valence-corrected chi connectivity index (χ1v) is 14.0. The van der Waals surface area contributed by atoms with E-state index in [0.29, 0.717) is 10.7 Å². The Bertz CT molecular complexity index is 1250. The van der Waals surface area contributed by atoms with Crippen LogP contribution in [0.4, 0.5) is 0 Å². The molecule has 36 heavy (non-hydrogen) atoms. The number of hydrogen-bond acceptors (Lipinski definition) is 5. The molecule has 0 saturated heterocycles. The Morgan fingerprint density at radius 1 is 1.06 bits per heavy atom. The van der Waals surface area contributed by atoms with E-state index >= 15 is 0 Å². The zero-order valence-corrected chi connectivity index (χ0v) is 21.6. The molecule has 0 radical (unpaired) electrons. The summed E-state index contributed by atoms with van der Waals surface area (Å²) in [5.41, 5.74) is 1.86. The highest BCUT2D eigenvalue weighted by Crippen LogP contribution is 2.30. The Morgan fingerprint density at radius 3 is 2.39 bits per heavy atom. The maximum absolute atomic E-state index is 13.7. The number of carbonyl (C=O) groups is 3. The summed E-state index contributed by atoms with van der Waals surface area (Å²) in [6.45, 7) is 3.23. The van der Waals surface area contributed by atoms with Crippen molar-refractivity contribution in [1.82, 2.24) is 14.5 Å². The first-order valence-electron chi connectivity index (χ1n) is 12.5. The van der Waals surface area contributed by atoms with E-state index in [1.165, 1.54) is 17.0 Å². The van der Waals surface area contributed by atoms with E-state index in [0.717, 1.165) is 43.2 Å². The van der Waals surface area contributed by atoms with Gasteiger partial charge in [0.2, 0.25) is 11.8 Å². The molecule has 9 heteroatoms. The lowest BCUT2D eigenvalue weighted by Crippen LogP contribution is -2.53. The van der Waals surface area contributed by atoms with Gasteiger partial charge in [0, 0.05) is 12.6 Å². The van der Waals surface area contributed by atoms with Gasteiger partial charge in [-0.05, 0) is 49.4 Å². The Hall–Kier alpha value is -3.20. The second-order valence-corrected chi connectivity index (χ2v) is 11.4. The summed E-state index contributed by atoms with van der Waals surface area (Å²) >= 11 is 0. The highest BCUT2D eigenvalue weighted by molar-refractivity contribution is 7.90. The highest BCUT2D eigenvalue weighted by Gasteiger charge is 2.43. The molecule has 8 nitrogen and oxygen atoms in total. The smallest absolute Gasteiger partial charge is 0.269 e. The Balaban J connectivity index is 1.61. The van der Waals surface area contributed by atoms with Crippen LogP contribution in [-0.4, -0.2) is 54.0 Å². The van der Waals surface area contributed by atoms with E-state index in [9.17, 15) is 22.8 Å². The van der Waals surface area contributed by atoms with Gasteiger partial charge in [0.05, 0.1) is 5.56 Å². The lowest BCUT2D eigenvalue weighted by molar-refractivity contribution is -0.141. The van der Waals surface area contributed by atoms with Gasteiger partial charge in [0.25, 0.3) is 15.9 Å². The largest absolute Gasteiger partial charge is 0.352 e. The van der Waals surface area contributed by atoms with Crippen LogP contribution in [0.25, 0.3) is 0 Å². The lowest BCUT2D eigenvalue weighted by Gasteiger charge is -2.33. The molecule has 0 spiro atoms. The number of carbonyl (C=O) groups excluding carboxylic acids is 3. The average molecular weight is 512 g/mol. The van der Waals surface area contributed by atoms with Crippen LogP contribution >= 0.6 is 0 Å². The van der Waals surface area contributed by atoms with Crippen LogP contribution in [0.1, 0.15) is 66.9 Å². The van der Waals surface area contributed by atoms with Gasteiger partial charge in [-0.25, -0.2) is 12.7 Å². The zero-order valence-electron chi connectivity index (χ0n) is 20.8. The van der Waals surface area contributed by atoms with Gasteiger partial charge in [-0.2, -0.15) is 0 Å². The van der Waals surface area contributed by atoms with E-state index in [-0.39, 0.29) is 29.0 Å². The molecule has 0 aromatic heterocycles. The van der Waals surface area contributed by atoms with Crippen molar-refractivity contribution in [1.29, 1.82) is 0 Å². The Labute approximate surface area is 212 Å². The van der Waals surface area contributed by atoms with Gasteiger partial charge >= 0.3 is 0 Å². The molecular weight excluding hydrogens is 478 g/mol. The summed E-state index contributed by atoms with van der Waals surface area (Å²) in [4.78, 5) is 41.3. The average Bonchev–Trinajstić information content (AvgIpc) is 3.06. The van der Waals surface area contributed by atoms with Crippen LogP contribution in [-0.2, 0) is 26.2 Å². The van der Waals surface area contributed by atoms with Crippen molar-refractivity contribution in [2.75, 3.05) is 6.54 Å². The molecule has 1 heterocycles. The molecule has 1 atom stereocenters. The van der Waals surface area contributed by atoms with E-state index in [2.05, 4.69) is 5.32 Å². The van der Waals surface area contributed by atoms with Gasteiger partial charge < -0.3 is 10.2 Å². The third-order valence-electron chi connectivity index (χ3n) is 7.13. The zero-order chi connectivity index (χ0) is 25.9. The van der Waals surface area contributed by atoms with Gasteiger partial charge in [-0.3, -0.25) is 14.4 Å². The highest BCUT2D eigenvalue weighted by atomic mass is 32.2. The standard InChI is InChI=1S/C27H33N3O5S/c1-3-23(26(32)28-21-13-5-4-6-14-21)29(17-20-12-8-7-11-19(20)2)25(31)18-30-27(33)22-15-9-10-16-24(22)36(30,34)35/h7-12,15-16,21,23H,3-6,13-14,17-18H2,1-2H3,(H,28,32)/t23-/m1/s1. The maximum Gasteiger partial charge on any atom is 0.269 e. The minimum atomic E-state index is -4.14. The minimum absolute atomic E-state index is 0.0536. The van der Waals surface area contributed by atoms with Crippen molar-refractivity contribution in [3.8, 4) is 0 Å². The summed E-state index contributed by atoms with van der Waals surface area (Å²) in [5, 5.41) is 3.11. The molecule has 2 aliphatic rings. The van der Waals surface area contributed by atoms with Crippen LogP contribution in [0.5, 0.6) is 0 Å². The fourth-order valence-electron chi connectivity index (χ4n) is 5.04. The van der Waals surface area contributed by atoms with Crippen molar-refractivity contribution in [3.63, 3.8) is 0 Å². The molecule has 1 fully saturated rings. The summed E-state index contributed by atoms with van der Waals surface area (Å²) < 4.78 is 26.7. The van der Waals surface area contributed by atoms with Crippen LogP contribution in [0.2, 0.25) is 0 Å². The van der Waals surface area contributed by atoms with Crippen molar-refractivity contribution in [2.45, 2.75) is 75.9 Å². The molecule has 3 amide bonds. The fraction of sp³-hybridized carbons (Fsp3) is 0.444. The van der Waals surface area contributed by atoms with Crippen LogP contribution in [0.15, 0.2) is 53.4 Å². The SMILES string of the molecule is CC[C@H](C(=O)NC1CCCCC1)N(Cc1ccccc1C)C(=O)CN1C(=O)c2ccccc2S1(=O)=O. The molecule has 0 unspecified atom stereocenters. The van der Waals surface area contributed by atoms with Crippen molar-refractivity contribution < 1.29 is 22.8 Å². The fourth-order valence-corrected chi connectivity index (χ4v) is 6.55. The summed E-state index contributed by atoms with van der Waals surface area (Å²) in [6.07, 6.45) is 5.45. The molecule has 1 aliphatic heterocycles. The van der Waals surface area contributed by atoms with Crippen LogP contribution in [0.3, 0.4) is 0 Å². The number of sulfonamides is 1. The van der Waals surface area contributed by atoms with Crippen molar-refractivity contribution in [3.05, 3.63) is 65.2 Å². The molecule has 1 saturated carbocycles. The minimum Gasteiger partial charge on any atom is -0.352 e. The third-order valence-corrected chi connectivity index (χ3v) is 8.92. The summed E-state index contributed by atoms with van der Waals surface area (Å²) in [6, 6.07) is 12.8. The normalized spacial score (nSPS) is 17.9. The predicted molar refractivity (Wildman–Crippen MR) is 135 cm³/mol. The van der Waals surface area contributed by atoms with Gasteiger partial charge in [0.1, 0.15) is 17.5 Å². The number of rotatable bonds is 8. The second kappa shape index (κ2) is 10.8. The quantitative estimate of drug-likeness (QED) is 0.585. The number of fused-ring (bicyclic) bond motifs is 1. The first kappa shape index (κ1) is 25.9. The van der Waals surface area contributed by atoms with Crippen LogP contribution < -0.4 is 5.32 Å². The second-order valence-electron chi connectivity index (χ2n) is 9.53.